The highest BCUT2D eigenvalue weighted by atomic mass is 32.2. The second kappa shape index (κ2) is 19.5. The predicted octanol–water partition coefficient (Wildman–Crippen LogP) is 6.47. The topological polar surface area (TPSA) is 110 Å². The minimum atomic E-state index is -4.47. The molecule has 0 atom stereocenters. The zero-order valence-electron chi connectivity index (χ0n) is 26.8. The van der Waals surface area contributed by atoms with Crippen molar-refractivity contribution >= 4 is 21.7 Å². The number of carbonyl (C=O) groups is 1. The molecular weight excluding hydrogens is 550 g/mol. The number of benzene rings is 2. The number of anilines is 1. The van der Waals surface area contributed by atoms with Gasteiger partial charge in [0.05, 0.1) is 32.1 Å². The summed E-state index contributed by atoms with van der Waals surface area (Å²) in [6.07, 6.45) is 14.9. The lowest BCUT2D eigenvalue weighted by Crippen LogP contribution is -2.42. The van der Waals surface area contributed by atoms with Crippen LogP contribution in [0.5, 0.6) is 5.75 Å². The first-order valence-electron chi connectivity index (χ1n) is 15.4. The first-order chi connectivity index (χ1) is 19.8. The summed E-state index contributed by atoms with van der Waals surface area (Å²) in [5.41, 5.74) is 2.18. The number of rotatable bonds is 18. The van der Waals surface area contributed by atoms with Gasteiger partial charge in [0.1, 0.15) is 15.9 Å². The van der Waals surface area contributed by atoms with Gasteiger partial charge in [-0.2, -0.15) is 0 Å². The molecule has 2 aromatic rings. The molecular formula is C33H55N3O5S. The third kappa shape index (κ3) is 16.1. The third-order valence-corrected chi connectivity index (χ3v) is 8.41. The standard InChI is InChI=1S/C26H47N3O.C7H8O4S/c1-6-7-8-9-10-11-12-13-14-15-22-29(4,5)23-16-21-27-26(30)24-17-19-25(20-18-24)28(2)3;1-5-2-3-6(8)4-7(5)12(9,10)11/h17-20H,6-16,21-23H2,1-5H3;2-4,8H,1H3,(H,9,10,11). The Kier molecular flexibility index (Phi) is 17.4. The van der Waals surface area contributed by atoms with Crippen LogP contribution in [0.4, 0.5) is 5.69 Å². The molecule has 0 saturated carbocycles. The average molecular weight is 606 g/mol. The molecule has 0 fully saturated rings. The van der Waals surface area contributed by atoms with Crippen molar-refractivity contribution in [1.29, 1.82) is 0 Å². The highest BCUT2D eigenvalue weighted by Gasteiger charge is 2.14. The number of hydrogen-bond donors (Lipinski definition) is 2. The molecule has 0 saturated heterocycles. The Morgan fingerprint density at radius 1 is 0.857 bits per heavy atom. The maximum atomic E-state index is 12.3. The molecule has 0 bridgehead atoms. The molecule has 2 rings (SSSR count). The Bertz CT molecular complexity index is 1150. The van der Waals surface area contributed by atoms with Crippen LogP contribution >= 0.6 is 0 Å². The Hall–Kier alpha value is -2.62. The summed E-state index contributed by atoms with van der Waals surface area (Å²) in [4.78, 5) is 14.0. The fourth-order valence-electron chi connectivity index (χ4n) is 4.72. The molecule has 0 aliphatic heterocycles. The van der Waals surface area contributed by atoms with Crippen molar-refractivity contribution in [3.05, 3.63) is 53.6 Å². The molecule has 0 radical (unpaired) electrons. The number of phenolic OH excluding ortho intramolecular Hbond substituents is 1. The SMILES string of the molecule is CCCCCCCCCCCC[N+](C)(C)CCCNC(=O)c1ccc(N(C)C)cc1.Cc1ccc(O)cc1S(=O)(=O)[O-]. The average Bonchev–Trinajstić information content (AvgIpc) is 2.93. The number of nitrogens with zero attached hydrogens (tertiary/aromatic N) is 2. The monoisotopic (exact) mass is 605 g/mol. The molecule has 9 heteroatoms. The van der Waals surface area contributed by atoms with Gasteiger partial charge in [0, 0.05) is 38.3 Å². The quantitative estimate of drug-likeness (QED) is 0.114. The number of carbonyl (C=O) groups excluding carboxylic acids is 1. The summed E-state index contributed by atoms with van der Waals surface area (Å²) in [5.74, 6) is -0.199. The molecule has 2 aromatic carbocycles. The van der Waals surface area contributed by atoms with E-state index in [0.717, 1.165) is 41.3 Å². The zero-order chi connectivity index (χ0) is 31.6. The van der Waals surface area contributed by atoms with Gasteiger partial charge in [-0.25, -0.2) is 8.42 Å². The molecule has 0 aliphatic carbocycles. The first-order valence-corrected chi connectivity index (χ1v) is 16.8. The van der Waals surface area contributed by atoms with E-state index < -0.39 is 10.1 Å². The smallest absolute Gasteiger partial charge is 0.251 e. The van der Waals surface area contributed by atoms with Crippen molar-refractivity contribution in [1.82, 2.24) is 5.32 Å². The van der Waals surface area contributed by atoms with E-state index in [4.69, 9.17) is 5.11 Å². The second-order valence-corrected chi connectivity index (χ2v) is 13.4. The van der Waals surface area contributed by atoms with Gasteiger partial charge in [-0.05, 0) is 61.7 Å². The van der Waals surface area contributed by atoms with Gasteiger partial charge in [0.25, 0.3) is 5.91 Å². The molecule has 42 heavy (non-hydrogen) atoms. The molecule has 0 spiro atoms. The fourth-order valence-corrected chi connectivity index (χ4v) is 5.45. The van der Waals surface area contributed by atoms with Crippen LogP contribution in [0.15, 0.2) is 47.4 Å². The van der Waals surface area contributed by atoms with Crippen molar-refractivity contribution in [3.63, 3.8) is 0 Å². The summed E-state index contributed by atoms with van der Waals surface area (Å²) < 4.78 is 32.7. The number of nitrogens with one attached hydrogen (secondary N) is 1. The van der Waals surface area contributed by atoms with Crippen molar-refractivity contribution in [3.8, 4) is 5.75 Å². The Balaban J connectivity index is 0.000000609. The first kappa shape index (κ1) is 37.4. The number of quaternary nitrogens is 1. The van der Waals surface area contributed by atoms with Crippen molar-refractivity contribution in [2.24, 2.45) is 0 Å². The largest absolute Gasteiger partial charge is 0.744 e. The van der Waals surface area contributed by atoms with Crippen LogP contribution in [0, 0.1) is 6.92 Å². The molecule has 1 amide bonds. The van der Waals surface area contributed by atoms with Gasteiger partial charge in [-0.15, -0.1) is 0 Å². The summed E-state index contributed by atoms with van der Waals surface area (Å²) in [5, 5.41) is 12.0. The van der Waals surface area contributed by atoms with Gasteiger partial charge in [0.2, 0.25) is 0 Å². The van der Waals surface area contributed by atoms with Gasteiger partial charge < -0.3 is 24.4 Å². The van der Waals surface area contributed by atoms with E-state index in [9.17, 15) is 17.8 Å². The fraction of sp³-hybridized carbons (Fsp3) is 0.606. The number of amides is 1. The van der Waals surface area contributed by atoms with Crippen LogP contribution in [0.2, 0.25) is 0 Å². The van der Waals surface area contributed by atoms with E-state index in [-0.39, 0.29) is 16.6 Å². The van der Waals surface area contributed by atoms with Gasteiger partial charge in [-0.1, -0.05) is 64.4 Å². The summed E-state index contributed by atoms with van der Waals surface area (Å²) in [6.45, 7) is 6.85. The van der Waals surface area contributed by atoms with Crippen LogP contribution in [0.25, 0.3) is 0 Å². The lowest BCUT2D eigenvalue weighted by atomic mass is 10.1. The maximum absolute atomic E-state index is 12.3. The van der Waals surface area contributed by atoms with E-state index in [1.807, 2.05) is 43.3 Å². The summed E-state index contributed by atoms with van der Waals surface area (Å²) in [6, 6.07) is 11.4. The van der Waals surface area contributed by atoms with E-state index >= 15 is 0 Å². The number of phenols is 1. The second-order valence-electron chi connectivity index (χ2n) is 12.0. The predicted molar refractivity (Wildman–Crippen MR) is 172 cm³/mol. The van der Waals surface area contributed by atoms with Crippen LogP contribution in [-0.2, 0) is 10.1 Å². The summed E-state index contributed by atoms with van der Waals surface area (Å²) >= 11 is 0. The van der Waals surface area contributed by atoms with E-state index in [1.165, 1.54) is 89.8 Å². The number of hydrogen-bond acceptors (Lipinski definition) is 6. The molecule has 0 unspecified atom stereocenters. The van der Waals surface area contributed by atoms with Crippen molar-refractivity contribution < 1.29 is 27.4 Å². The summed E-state index contributed by atoms with van der Waals surface area (Å²) in [7, 11) is 4.17. The molecule has 2 N–H and O–H groups in total. The highest BCUT2D eigenvalue weighted by Crippen LogP contribution is 2.20. The molecule has 0 aliphatic rings. The lowest BCUT2D eigenvalue weighted by molar-refractivity contribution is -0.890. The molecule has 238 valence electrons. The minimum absolute atomic E-state index is 0.0281. The molecule has 0 aromatic heterocycles. The number of aryl methyl sites for hydroxylation is 1. The lowest BCUT2D eigenvalue weighted by Gasteiger charge is -2.30. The van der Waals surface area contributed by atoms with Gasteiger partial charge in [-0.3, -0.25) is 4.79 Å². The van der Waals surface area contributed by atoms with Gasteiger partial charge in [0.15, 0.2) is 0 Å². The zero-order valence-corrected chi connectivity index (χ0v) is 27.6. The number of unbranched alkanes of at least 4 members (excludes halogenated alkanes) is 9. The van der Waals surface area contributed by atoms with E-state index in [0.29, 0.717) is 5.56 Å². The van der Waals surface area contributed by atoms with Gasteiger partial charge >= 0.3 is 0 Å². The highest BCUT2D eigenvalue weighted by molar-refractivity contribution is 7.85. The Morgan fingerprint density at radius 3 is 1.88 bits per heavy atom. The van der Waals surface area contributed by atoms with Crippen molar-refractivity contribution in [2.45, 2.75) is 89.4 Å². The van der Waals surface area contributed by atoms with E-state index in [2.05, 4.69) is 26.3 Å². The van der Waals surface area contributed by atoms with Crippen molar-refractivity contribution in [2.75, 3.05) is 52.7 Å². The maximum Gasteiger partial charge on any atom is 0.251 e. The van der Waals surface area contributed by atoms with Crippen LogP contribution in [0.3, 0.4) is 0 Å². The Morgan fingerprint density at radius 2 is 1.38 bits per heavy atom. The van der Waals surface area contributed by atoms with Crippen LogP contribution < -0.4 is 10.2 Å². The van der Waals surface area contributed by atoms with Crippen LogP contribution in [0.1, 0.15) is 93.5 Å². The minimum Gasteiger partial charge on any atom is -0.744 e. The van der Waals surface area contributed by atoms with Crippen LogP contribution in [-0.4, -0.2) is 76.3 Å². The third-order valence-electron chi connectivity index (χ3n) is 7.43. The Labute approximate surface area is 255 Å². The molecule has 0 heterocycles. The normalized spacial score (nSPS) is 11.5. The number of aromatic hydroxyl groups is 1. The molecule has 8 nitrogen and oxygen atoms in total. The van der Waals surface area contributed by atoms with E-state index in [1.54, 1.807) is 0 Å².